The van der Waals surface area contributed by atoms with Gasteiger partial charge in [0.1, 0.15) is 19.0 Å². The number of para-hydroxylation sites is 1. The summed E-state index contributed by atoms with van der Waals surface area (Å²) < 4.78 is 17.2. The Balaban J connectivity index is 1.55. The van der Waals surface area contributed by atoms with E-state index in [4.69, 9.17) is 14.2 Å². The molecule has 0 bridgehead atoms. The average Bonchev–Trinajstić information content (AvgIpc) is 2.77. The molecule has 160 valence electrons. The van der Waals surface area contributed by atoms with E-state index in [2.05, 4.69) is 11.9 Å². The lowest BCUT2D eigenvalue weighted by molar-refractivity contribution is -0.127. The second-order valence-corrected chi connectivity index (χ2v) is 7.11. The van der Waals surface area contributed by atoms with Crippen molar-refractivity contribution in [3.63, 3.8) is 0 Å². The topological polar surface area (TPSA) is 51.2 Å². The summed E-state index contributed by atoms with van der Waals surface area (Å²) in [5, 5.41) is 0. The van der Waals surface area contributed by atoms with E-state index in [0.717, 1.165) is 37.5 Å². The Morgan fingerprint density at radius 3 is 2.40 bits per heavy atom. The Morgan fingerprint density at radius 1 is 0.933 bits per heavy atom. The van der Waals surface area contributed by atoms with E-state index in [-0.39, 0.29) is 5.91 Å². The number of amides is 1. The number of carbonyl (C=O) groups is 1. The van der Waals surface area contributed by atoms with E-state index in [1.165, 1.54) is 0 Å². The molecule has 1 fully saturated rings. The molecule has 1 aliphatic heterocycles. The molecule has 1 heterocycles. The predicted octanol–water partition coefficient (Wildman–Crippen LogP) is 3.33. The summed E-state index contributed by atoms with van der Waals surface area (Å²) >= 11 is 0. The largest absolute Gasteiger partial charge is 0.490 e. The van der Waals surface area contributed by atoms with Gasteiger partial charge in [-0.15, -0.1) is 0 Å². The maximum absolute atomic E-state index is 12.4. The molecule has 2 aromatic carbocycles. The van der Waals surface area contributed by atoms with E-state index in [1.807, 2.05) is 66.4 Å². The molecular formula is C24H30N2O4. The van der Waals surface area contributed by atoms with Gasteiger partial charge in [-0.3, -0.25) is 4.79 Å². The average molecular weight is 411 g/mol. The Hall–Kier alpha value is -2.99. The van der Waals surface area contributed by atoms with Gasteiger partial charge < -0.3 is 24.0 Å². The molecule has 0 aliphatic carbocycles. The van der Waals surface area contributed by atoms with Crippen molar-refractivity contribution in [2.24, 2.45) is 0 Å². The first-order valence-corrected chi connectivity index (χ1v) is 10.4. The maximum atomic E-state index is 12.4. The molecule has 6 heteroatoms. The molecule has 30 heavy (non-hydrogen) atoms. The SMILES string of the molecule is CCOc1cc(C=CC(=O)N2CCN(C)CC2)ccc1OCCOc1ccccc1. The van der Waals surface area contributed by atoms with Crippen LogP contribution in [0.4, 0.5) is 0 Å². The molecule has 0 saturated carbocycles. The number of rotatable bonds is 9. The fourth-order valence-corrected chi connectivity index (χ4v) is 3.14. The Morgan fingerprint density at radius 2 is 1.67 bits per heavy atom. The van der Waals surface area contributed by atoms with E-state index >= 15 is 0 Å². The van der Waals surface area contributed by atoms with E-state index in [1.54, 1.807) is 6.08 Å². The van der Waals surface area contributed by atoms with E-state index < -0.39 is 0 Å². The molecule has 0 unspecified atom stereocenters. The zero-order valence-electron chi connectivity index (χ0n) is 17.8. The zero-order valence-corrected chi connectivity index (χ0v) is 17.8. The van der Waals surface area contributed by atoms with Crippen LogP contribution in [0.3, 0.4) is 0 Å². The third-order valence-electron chi connectivity index (χ3n) is 4.85. The molecule has 6 nitrogen and oxygen atoms in total. The van der Waals surface area contributed by atoms with Crippen LogP contribution in [0.5, 0.6) is 17.2 Å². The first kappa shape index (κ1) is 21.7. The van der Waals surface area contributed by atoms with Crippen LogP contribution in [0.1, 0.15) is 12.5 Å². The van der Waals surface area contributed by atoms with Crippen LogP contribution in [0.25, 0.3) is 6.08 Å². The second-order valence-electron chi connectivity index (χ2n) is 7.11. The van der Waals surface area contributed by atoms with Crippen molar-refractivity contribution in [2.75, 3.05) is 53.0 Å². The van der Waals surface area contributed by atoms with Crippen molar-refractivity contribution in [2.45, 2.75) is 6.92 Å². The summed E-state index contributed by atoms with van der Waals surface area (Å²) in [4.78, 5) is 16.5. The maximum Gasteiger partial charge on any atom is 0.246 e. The highest BCUT2D eigenvalue weighted by Crippen LogP contribution is 2.29. The molecule has 1 amide bonds. The summed E-state index contributed by atoms with van der Waals surface area (Å²) in [6.07, 6.45) is 3.45. The Labute approximate surface area is 178 Å². The molecule has 1 saturated heterocycles. The van der Waals surface area contributed by atoms with Crippen molar-refractivity contribution in [1.29, 1.82) is 0 Å². The smallest absolute Gasteiger partial charge is 0.246 e. The number of hydrogen-bond donors (Lipinski definition) is 0. The van der Waals surface area contributed by atoms with Gasteiger partial charge in [-0.05, 0) is 49.9 Å². The van der Waals surface area contributed by atoms with Crippen LogP contribution < -0.4 is 14.2 Å². The van der Waals surface area contributed by atoms with Crippen molar-refractivity contribution >= 4 is 12.0 Å². The molecule has 0 spiro atoms. The number of ether oxygens (including phenoxy) is 3. The van der Waals surface area contributed by atoms with Crippen molar-refractivity contribution in [3.8, 4) is 17.2 Å². The van der Waals surface area contributed by atoms with E-state index in [9.17, 15) is 4.79 Å². The Kier molecular flexibility index (Phi) is 8.15. The van der Waals surface area contributed by atoms with Gasteiger partial charge in [0.2, 0.25) is 5.91 Å². The number of benzene rings is 2. The lowest BCUT2D eigenvalue weighted by atomic mass is 10.2. The number of piperazine rings is 1. The lowest BCUT2D eigenvalue weighted by Gasteiger charge is -2.31. The van der Waals surface area contributed by atoms with Gasteiger partial charge in [0.25, 0.3) is 0 Å². The zero-order chi connectivity index (χ0) is 21.2. The summed E-state index contributed by atoms with van der Waals surface area (Å²) in [6.45, 7) is 6.67. The predicted molar refractivity (Wildman–Crippen MR) is 118 cm³/mol. The first-order valence-electron chi connectivity index (χ1n) is 10.4. The number of likely N-dealkylation sites (N-methyl/N-ethyl adjacent to an activating group) is 1. The molecule has 0 N–H and O–H groups in total. The number of carbonyl (C=O) groups excluding carboxylic acids is 1. The molecule has 2 aromatic rings. The van der Waals surface area contributed by atoms with Crippen molar-refractivity contribution in [1.82, 2.24) is 9.80 Å². The highest BCUT2D eigenvalue weighted by atomic mass is 16.5. The molecule has 0 atom stereocenters. The standard InChI is InChI=1S/C24H30N2O4/c1-3-28-23-19-20(10-12-24(27)26-15-13-25(2)14-16-26)9-11-22(23)30-18-17-29-21-7-5-4-6-8-21/h4-12,19H,3,13-18H2,1-2H3. The highest BCUT2D eigenvalue weighted by Gasteiger charge is 2.16. The van der Waals surface area contributed by atoms with Gasteiger partial charge in [-0.25, -0.2) is 0 Å². The summed E-state index contributed by atoms with van der Waals surface area (Å²) in [6, 6.07) is 15.3. The highest BCUT2D eigenvalue weighted by molar-refractivity contribution is 5.92. The quantitative estimate of drug-likeness (QED) is 0.469. The molecule has 0 radical (unpaired) electrons. The van der Waals surface area contributed by atoms with Crippen LogP contribution in [0, 0.1) is 0 Å². The van der Waals surface area contributed by atoms with Crippen LogP contribution in [0.15, 0.2) is 54.6 Å². The molecular weight excluding hydrogens is 380 g/mol. The van der Waals surface area contributed by atoms with Gasteiger partial charge in [-0.1, -0.05) is 24.3 Å². The second kappa shape index (κ2) is 11.3. The van der Waals surface area contributed by atoms with Gasteiger partial charge in [-0.2, -0.15) is 0 Å². The minimum atomic E-state index is 0.0412. The summed E-state index contributed by atoms with van der Waals surface area (Å²) in [5.74, 6) is 2.18. The monoisotopic (exact) mass is 410 g/mol. The minimum Gasteiger partial charge on any atom is -0.490 e. The van der Waals surface area contributed by atoms with Crippen LogP contribution in [-0.2, 0) is 4.79 Å². The van der Waals surface area contributed by atoms with Crippen molar-refractivity contribution < 1.29 is 19.0 Å². The normalized spacial score (nSPS) is 14.7. The fraction of sp³-hybridized carbons (Fsp3) is 0.375. The van der Waals surface area contributed by atoms with Gasteiger partial charge in [0, 0.05) is 32.3 Å². The van der Waals surface area contributed by atoms with Crippen LogP contribution in [0.2, 0.25) is 0 Å². The molecule has 3 rings (SSSR count). The first-order chi connectivity index (χ1) is 14.7. The summed E-state index contributed by atoms with van der Waals surface area (Å²) in [7, 11) is 2.07. The van der Waals surface area contributed by atoms with E-state index in [0.29, 0.717) is 31.3 Å². The lowest BCUT2D eigenvalue weighted by Crippen LogP contribution is -2.46. The fourth-order valence-electron chi connectivity index (χ4n) is 3.14. The van der Waals surface area contributed by atoms with Gasteiger partial charge >= 0.3 is 0 Å². The third kappa shape index (κ3) is 6.52. The number of hydrogen-bond acceptors (Lipinski definition) is 5. The third-order valence-corrected chi connectivity index (χ3v) is 4.85. The summed E-state index contributed by atoms with van der Waals surface area (Å²) in [5.41, 5.74) is 0.897. The van der Waals surface area contributed by atoms with Gasteiger partial charge in [0.15, 0.2) is 11.5 Å². The molecule has 0 aromatic heterocycles. The minimum absolute atomic E-state index is 0.0412. The van der Waals surface area contributed by atoms with Crippen molar-refractivity contribution in [3.05, 3.63) is 60.2 Å². The number of nitrogens with zero attached hydrogens (tertiary/aromatic N) is 2. The van der Waals surface area contributed by atoms with Crippen LogP contribution in [-0.4, -0.2) is 68.8 Å². The molecule has 1 aliphatic rings. The van der Waals surface area contributed by atoms with Crippen LogP contribution >= 0.6 is 0 Å². The van der Waals surface area contributed by atoms with Gasteiger partial charge in [0.05, 0.1) is 6.61 Å². The Bertz CT molecular complexity index is 830.